The van der Waals surface area contributed by atoms with Crippen LogP contribution < -0.4 is 14.3 Å². The van der Waals surface area contributed by atoms with Gasteiger partial charge in [-0.3, -0.25) is 13.8 Å². The summed E-state index contributed by atoms with van der Waals surface area (Å²) in [5, 5.41) is 13.3. The van der Waals surface area contributed by atoms with Crippen LogP contribution in [0.25, 0.3) is 5.57 Å². The van der Waals surface area contributed by atoms with Crippen molar-refractivity contribution in [2.75, 3.05) is 17.4 Å². The van der Waals surface area contributed by atoms with Crippen LogP contribution in [0.4, 0.5) is 10.1 Å². The van der Waals surface area contributed by atoms with Crippen LogP contribution in [0, 0.1) is 5.82 Å². The fraction of sp³-hybridized carbons (Fsp3) is 0.357. The van der Waals surface area contributed by atoms with Crippen molar-refractivity contribution in [3.8, 4) is 5.75 Å². The first-order valence-electron chi connectivity index (χ1n) is 6.97. The van der Waals surface area contributed by atoms with Gasteiger partial charge in [-0.15, -0.1) is 0 Å². The van der Waals surface area contributed by atoms with Gasteiger partial charge < -0.3 is 10.4 Å². The number of carbonyl (C=O) groups excluding carboxylic acids is 1. The van der Waals surface area contributed by atoms with Crippen molar-refractivity contribution in [1.82, 2.24) is 10.0 Å². The summed E-state index contributed by atoms with van der Waals surface area (Å²) in [4.78, 5) is 11.3. The molecule has 4 rings (SSSR count). The fourth-order valence-electron chi connectivity index (χ4n) is 2.91. The van der Waals surface area contributed by atoms with Crippen molar-refractivity contribution >= 4 is 28.3 Å². The van der Waals surface area contributed by atoms with Gasteiger partial charge in [0, 0.05) is 17.6 Å². The molecule has 1 aromatic rings. The third-order valence-electron chi connectivity index (χ3n) is 4.25. The number of halogens is 1. The second kappa shape index (κ2) is 4.53. The molecule has 116 valence electrons. The Morgan fingerprint density at radius 2 is 2.14 bits per heavy atom. The Balaban J connectivity index is 1.78. The maximum Gasteiger partial charge on any atom is 0.253 e. The predicted octanol–water partition coefficient (Wildman–Crippen LogP) is 0.565. The number of rotatable bonds is 2. The molecule has 0 bridgehead atoms. The second-order valence-electron chi connectivity index (χ2n) is 5.79. The van der Waals surface area contributed by atoms with E-state index in [4.69, 9.17) is 0 Å². The number of carbonyl (C=O) groups is 1. The lowest BCUT2D eigenvalue weighted by Gasteiger charge is -2.18. The van der Waals surface area contributed by atoms with Crippen molar-refractivity contribution in [3.63, 3.8) is 0 Å². The molecule has 1 amide bonds. The maximum atomic E-state index is 14.9. The van der Waals surface area contributed by atoms with Gasteiger partial charge in [0.05, 0.1) is 0 Å². The number of amides is 1. The summed E-state index contributed by atoms with van der Waals surface area (Å²) in [6.45, 7) is 0.309. The van der Waals surface area contributed by atoms with Gasteiger partial charge in [0.25, 0.3) is 5.91 Å². The van der Waals surface area contributed by atoms with Gasteiger partial charge in [-0.05, 0) is 30.5 Å². The smallest absolute Gasteiger partial charge is 0.253 e. The molecule has 1 aromatic carbocycles. The van der Waals surface area contributed by atoms with Gasteiger partial charge >= 0.3 is 0 Å². The third-order valence-corrected chi connectivity index (χ3v) is 5.36. The lowest BCUT2D eigenvalue weighted by Crippen LogP contribution is -2.24. The van der Waals surface area contributed by atoms with Crippen LogP contribution in [0.15, 0.2) is 18.2 Å². The second-order valence-corrected chi connectivity index (χ2v) is 6.93. The number of aromatic hydroxyl groups is 1. The molecule has 2 aliphatic heterocycles. The standard InChI is InChI=1S/C14H14FN3O3S/c15-12-9(8-5-14(3-4-14)16-6-8)1-2-10(19)13(12)18-7-11(20)17-22(18)21/h1-2,5,16,19H,3-4,6-7H2,(H,17,20). The summed E-state index contributed by atoms with van der Waals surface area (Å²) < 4.78 is 29.9. The largest absolute Gasteiger partial charge is 0.506 e. The first-order valence-corrected chi connectivity index (χ1v) is 8.07. The molecule has 1 aliphatic carbocycles. The zero-order valence-electron chi connectivity index (χ0n) is 11.6. The zero-order chi connectivity index (χ0) is 15.5. The first-order chi connectivity index (χ1) is 10.5. The zero-order valence-corrected chi connectivity index (χ0v) is 12.4. The third kappa shape index (κ3) is 2.02. The number of phenols is 1. The van der Waals surface area contributed by atoms with E-state index in [2.05, 4.69) is 10.0 Å². The molecule has 1 saturated carbocycles. The molecule has 6 nitrogen and oxygen atoms in total. The Kier molecular flexibility index (Phi) is 2.82. The molecule has 1 spiro atoms. The van der Waals surface area contributed by atoms with Crippen LogP contribution in [0.3, 0.4) is 0 Å². The minimum Gasteiger partial charge on any atom is -0.506 e. The Morgan fingerprint density at radius 3 is 2.73 bits per heavy atom. The maximum absolute atomic E-state index is 14.9. The molecule has 8 heteroatoms. The van der Waals surface area contributed by atoms with E-state index < -0.39 is 22.9 Å². The normalized spacial score (nSPS) is 25.5. The van der Waals surface area contributed by atoms with E-state index in [0.717, 1.165) is 22.7 Å². The van der Waals surface area contributed by atoms with E-state index in [-0.39, 0.29) is 23.5 Å². The van der Waals surface area contributed by atoms with Gasteiger partial charge in [0.15, 0.2) is 5.82 Å². The van der Waals surface area contributed by atoms with Crippen LogP contribution in [-0.2, 0) is 16.0 Å². The highest BCUT2D eigenvalue weighted by molar-refractivity contribution is 7.85. The predicted molar refractivity (Wildman–Crippen MR) is 79.6 cm³/mol. The molecule has 0 radical (unpaired) electrons. The molecule has 1 atom stereocenters. The average molecular weight is 323 g/mol. The van der Waals surface area contributed by atoms with Crippen molar-refractivity contribution < 1.29 is 18.5 Å². The number of hydrogen-bond donors (Lipinski definition) is 3. The summed E-state index contributed by atoms with van der Waals surface area (Å²) in [5.41, 5.74) is 0.987. The van der Waals surface area contributed by atoms with Gasteiger partial charge in [-0.2, -0.15) is 0 Å². The molecule has 1 unspecified atom stereocenters. The molecule has 0 aromatic heterocycles. The van der Waals surface area contributed by atoms with Crippen LogP contribution in [0.1, 0.15) is 18.4 Å². The summed E-state index contributed by atoms with van der Waals surface area (Å²) in [6.07, 6.45) is 4.10. The van der Waals surface area contributed by atoms with E-state index in [1.807, 2.05) is 6.08 Å². The van der Waals surface area contributed by atoms with E-state index in [0.29, 0.717) is 12.1 Å². The highest BCUT2D eigenvalue weighted by Crippen LogP contribution is 2.44. The molecule has 1 saturated heterocycles. The molecule has 3 aliphatic rings. The van der Waals surface area contributed by atoms with Gasteiger partial charge in [-0.1, -0.05) is 6.08 Å². The average Bonchev–Trinajstić information content (AvgIpc) is 2.95. The summed E-state index contributed by atoms with van der Waals surface area (Å²) in [7, 11) is 0. The number of benzene rings is 1. The van der Waals surface area contributed by atoms with Crippen LogP contribution in [0.5, 0.6) is 5.75 Å². The van der Waals surface area contributed by atoms with Crippen molar-refractivity contribution in [2.24, 2.45) is 0 Å². The van der Waals surface area contributed by atoms with Gasteiger partial charge in [0.2, 0.25) is 11.2 Å². The van der Waals surface area contributed by atoms with E-state index in [9.17, 15) is 18.5 Å². The number of phenolic OH excluding ortho intramolecular Hbond substituents is 1. The van der Waals surface area contributed by atoms with Gasteiger partial charge in [0.1, 0.15) is 18.0 Å². The number of hydrogen-bond acceptors (Lipinski definition) is 4. The minimum atomic E-state index is -1.88. The molecule has 2 fully saturated rings. The Morgan fingerprint density at radius 1 is 1.36 bits per heavy atom. The highest BCUT2D eigenvalue weighted by atomic mass is 32.2. The monoisotopic (exact) mass is 323 g/mol. The summed E-state index contributed by atoms with van der Waals surface area (Å²) in [5.74, 6) is -1.46. The first kappa shape index (κ1) is 13.7. The number of anilines is 1. The lowest BCUT2D eigenvalue weighted by molar-refractivity contribution is -0.117. The molecule has 3 N–H and O–H groups in total. The molecular weight excluding hydrogens is 309 g/mol. The minimum absolute atomic E-state index is 0.00775. The lowest BCUT2D eigenvalue weighted by atomic mass is 10.0. The molecule has 2 heterocycles. The quantitative estimate of drug-likeness (QED) is 0.743. The Bertz CT molecular complexity index is 745. The van der Waals surface area contributed by atoms with Crippen molar-refractivity contribution in [2.45, 2.75) is 18.4 Å². The fourth-order valence-corrected chi connectivity index (χ4v) is 3.85. The number of nitrogens with one attached hydrogen (secondary N) is 2. The Labute approximate surface area is 128 Å². The van der Waals surface area contributed by atoms with E-state index in [1.54, 1.807) is 0 Å². The van der Waals surface area contributed by atoms with Gasteiger partial charge in [-0.25, -0.2) is 8.60 Å². The van der Waals surface area contributed by atoms with Crippen LogP contribution in [0.2, 0.25) is 0 Å². The van der Waals surface area contributed by atoms with Crippen LogP contribution in [-0.4, -0.2) is 33.9 Å². The topological polar surface area (TPSA) is 81.7 Å². The van der Waals surface area contributed by atoms with E-state index in [1.165, 1.54) is 12.1 Å². The molecule has 22 heavy (non-hydrogen) atoms. The molecular formula is C14H14FN3O3S. The summed E-state index contributed by atoms with van der Waals surface area (Å²) in [6, 6.07) is 2.88. The number of nitrogens with zero attached hydrogens (tertiary/aromatic N) is 1. The Hall–Kier alpha value is -1.93. The summed E-state index contributed by atoms with van der Waals surface area (Å²) >= 11 is -1.88. The van der Waals surface area contributed by atoms with Crippen molar-refractivity contribution in [3.05, 3.63) is 29.6 Å². The van der Waals surface area contributed by atoms with Crippen molar-refractivity contribution in [1.29, 1.82) is 0 Å². The van der Waals surface area contributed by atoms with E-state index >= 15 is 0 Å². The SMILES string of the molecule is O=C1CN(c2c(O)ccc(C3=CC4(CC4)NC3)c2F)S(=O)N1. The highest BCUT2D eigenvalue weighted by Gasteiger charge is 2.44. The van der Waals surface area contributed by atoms with Crippen LogP contribution >= 0.6 is 0 Å².